The predicted octanol–water partition coefficient (Wildman–Crippen LogP) is 4.89. The third-order valence-electron chi connectivity index (χ3n) is 4.24. The van der Waals surface area contributed by atoms with Crippen LogP contribution in [0.3, 0.4) is 0 Å². The minimum atomic E-state index is -4.93. The van der Waals surface area contributed by atoms with Crippen LogP contribution < -0.4 is 0 Å². The number of aliphatic hydroxyl groups is 1. The summed E-state index contributed by atoms with van der Waals surface area (Å²) < 4.78 is 55.0. The topological polar surface area (TPSA) is 53.4 Å². The third kappa shape index (κ3) is 4.54. The summed E-state index contributed by atoms with van der Waals surface area (Å²) in [5, 5.41) is 20.5. The quantitative estimate of drug-likeness (QED) is 0.519. The van der Waals surface area contributed by atoms with Crippen molar-refractivity contribution < 1.29 is 27.8 Å². The SMILES string of the molecule is CC(C)(CC(O)(Cc1ccnc(Br)c1)C(F)(F)F)c1cc(F)ccc1O. The molecule has 0 fully saturated rings. The Hall–Kier alpha value is -1.67. The standard InChI is InChI=1S/C18H18BrF4NO2/c1-16(2,13-8-12(20)3-4-14(13)25)10-17(26,18(21,22)23)9-11-5-6-24-15(19)7-11/h3-8,25-26H,9-10H2,1-2H3. The van der Waals surface area contributed by atoms with Gasteiger partial charge in [0.05, 0.1) is 0 Å². The number of nitrogens with zero attached hydrogens (tertiary/aromatic N) is 1. The Balaban J connectivity index is 2.42. The van der Waals surface area contributed by atoms with Gasteiger partial charge in [0.25, 0.3) is 0 Å². The van der Waals surface area contributed by atoms with E-state index in [-0.39, 0.29) is 16.9 Å². The summed E-state index contributed by atoms with van der Waals surface area (Å²) in [7, 11) is 0. The normalized spacial score (nSPS) is 14.9. The molecule has 1 aromatic carbocycles. The highest BCUT2D eigenvalue weighted by atomic mass is 79.9. The van der Waals surface area contributed by atoms with E-state index in [0.29, 0.717) is 4.60 Å². The molecule has 1 unspecified atom stereocenters. The molecule has 3 nitrogen and oxygen atoms in total. The first-order chi connectivity index (χ1) is 11.8. The van der Waals surface area contributed by atoms with Gasteiger partial charge >= 0.3 is 6.18 Å². The first-order valence-electron chi connectivity index (χ1n) is 7.73. The minimum absolute atomic E-state index is 0.00363. The average molecular weight is 436 g/mol. The van der Waals surface area contributed by atoms with E-state index in [1.165, 1.54) is 32.2 Å². The van der Waals surface area contributed by atoms with E-state index < -0.39 is 35.9 Å². The lowest BCUT2D eigenvalue weighted by atomic mass is 9.73. The van der Waals surface area contributed by atoms with Crippen LogP contribution in [0.15, 0.2) is 41.1 Å². The zero-order valence-electron chi connectivity index (χ0n) is 14.1. The molecule has 1 atom stereocenters. The summed E-state index contributed by atoms with van der Waals surface area (Å²) >= 11 is 3.09. The van der Waals surface area contributed by atoms with Gasteiger partial charge in [-0.05, 0) is 63.7 Å². The Labute approximate surface area is 156 Å². The molecule has 0 saturated heterocycles. The number of phenols is 1. The predicted molar refractivity (Wildman–Crippen MR) is 92.4 cm³/mol. The van der Waals surface area contributed by atoms with Gasteiger partial charge in [-0.25, -0.2) is 9.37 Å². The molecular weight excluding hydrogens is 418 g/mol. The summed E-state index contributed by atoms with van der Waals surface area (Å²) in [6, 6.07) is 5.85. The molecule has 0 amide bonds. The zero-order valence-corrected chi connectivity index (χ0v) is 15.7. The molecule has 142 valence electrons. The molecule has 26 heavy (non-hydrogen) atoms. The van der Waals surface area contributed by atoms with E-state index in [1.54, 1.807) is 0 Å². The van der Waals surface area contributed by atoms with E-state index in [2.05, 4.69) is 20.9 Å². The third-order valence-corrected chi connectivity index (χ3v) is 4.67. The molecule has 2 aromatic rings. The molecule has 0 spiro atoms. The van der Waals surface area contributed by atoms with Crippen LogP contribution in [0, 0.1) is 5.82 Å². The fraction of sp³-hybridized carbons (Fsp3) is 0.389. The van der Waals surface area contributed by atoms with Crippen LogP contribution in [-0.2, 0) is 11.8 Å². The number of aromatic nitrogens is 1. The summed E-state index contributed by atoms with van der Waals surface area (Å²) in [5.41, 5.74) is -4.18. The molecule has 0 bridgehead atoms. The van der Waals surface area contributed by atoms with Gasteiger partial charge in [-0.3, -0.25) is 0 Å². The summed E-state index contributed by atoms with van der Waals surface area (Å²) in [6.45, 7) is 2.83. The van der Waals surface area contributed by atoms with Gasteiger partial charge in [-0.2, -0.15) is 13.2 Å². The Morgan fingerprint density at radius 3 is 2.35 bits per heavy atom. The van der Waals surface area contributed by atoms with Crippen molar-refractivity contribution in [2.75, 3.05) is 0 Å². The molecule has 0 aliphatic rings. The first kappa shape index (κ1) is 20.6. The smallest absolute Gasteiger partial charge is 0.417 e. The van der Waals surface area contributed by atoms with E-state index in [4.69, 9.17) is 0 Å². The molecule has 0 radical (unpaired) electrons. The van der Waals surface area contributed by atoms with Crippen molar-refractivity contribution in [2.24, 2.45) is 0 Å². The highest BCUT2D eigenvalue weighted by molar-refractivity contribution is 9.10. The Bertz CT molecular complexity index is 795. The molecule has 2 N–H and O–H groups in total. The number of hydrogen-bond donors (Lipinski definition) is 2. The van der Waals surface area contributed by atoms with Crippen molar-refractivity contribution in [3.8, 4) is 5.75 Å². The molecule has 1 heterocycles. The summed E-state index contributed by atoms with van der Waals surface area (Å²) in [5.74, 6) is -1.01. The maximum atomic E-state index is 13.7. The Morgan fingerprint density at radius 1 is 1.12 bits per heavy atom. The van der Waals surface area contributed by atoms with E-state index in [0.717, 1.165) is 18.2 Å². The lowest BCUT2D eigenvalue weighted by Gasteiger charge is -2.38. The highest BCUT2D eigenvalue weighted by Crippen LogP contribution is 2.45. The second-order valence-electron chi connectivity index (χ2n) is 6.92. The molecule has 0 saturated carbocycles. The van der Waals surface area contributed by atoms with Crippen LogP contribution in [0.2, 0.25) is 0 Å². The Kier molecular flexibility index (Phi) is 5.68. The van der Waals surface area contributed by atoms with Crippen LogP contribution in [0.4, 0.5) is 17.6 Å². The van der Waals surface area contributed by atoms with Crippen molar-refractivity contribution in [3.63, 3.8) is 0 Å². The molecule has 8 heteroatoms. The Morgan fingerprint density at radius 2 is 1.77 bits per heavy atom. The molecule has 2 rings (SSSR count). The highest BCUT2D eigenvalue weighted by Gasteiger charge is 2.56. The van der Waals surface area contributed by atoms with Crippen LogP contribution in [0.5, 0.6) is 5.75 Å². The van der Waals surface area contributed by atoms with Gasteiger partial charge in [0, 0.05) is 18.2 Å². The number of aromatic hydroxyl groups is 1. The maximum absolute atomic E-state index is 13.7. The number of pyridine rings is 1. The van der Waals surface area contributed by atoms with Crippen LogP contribution >= 0.6 is 15.9 Å². The fourth-order valence-electron chi connectivity index (χ4n) is 3.03. The maximum Gasteiger partial charge on any atom is 0.417 e. The molecule has 1 aromatic heterocycles. The van der Waals surface area contributed by atoms with Gasteiger partial charge in [-0.1, -0.05) is 13.8 Å². The fourth-order valence-corrected chi connectivity index (χ4v) is 3.44. The molecule has 0 aliphatic heterocycles. The number of benzene rings is 1. The van der Waals surface area contributed by atoms with Crippen LogP contribution in [0.25, 0.3) is 0 Å². The molecular formula is C18H18BrF4NO2. The number of hydrogen-bond acceptors (Lipinski definition) is 3. The largest absolute Gasteiger partial charge is 0.508 e. The second kappa shape index (κ2) is 7.15. The van der Waals surface area contributed by atoms with Gasteiger partial charge in [0.2, 0.25) is 0 Å². The number of rotatable bonds is 5. The zero-order chi connectivity index (χ0) is 19.8. The first-order valence-corrected chi connectivity index (χ1v) is 8.52. The van der Waals surface area contributed by atoms with Crippen molar-refractivity contribution in [1.82, 2.24) is 4.98 Å². The lowest BCUT2D eigenvalue weighted by molar-refractivity contribution is -0.266. The van der Waals surface area contributed by atoms with Crippen molar-refractivity contribution in [3.05, 3.63) is 58.1 Å². The van der Waals surface area contributed by atoms with E-state index in [9.17, 15) is 27.8 Å². The number of phenolic OH excluding ortho intramolecular Hbond substituents is 1. The lowest BCUT2D eigenvalue weighted by Crippen LogP contribution is -2.50. The summed E-state index contributed by atoms with van der Waals surface area (Å²) in [4.78, 5) is 3.85. The van der Waals surface area contributed by atoms with Gasteiger partial charge in [-0.15, -0.1) is 0 Å². The average Bonchev–Trinajstić information content (AvgIpc) is 2.48. The second-order valence-corrected chi connectivity index (χ2v) is 7.73. The van der Waals surface area contributed by atoms with Gasteiger partial charge < -0.3 is 10.2 Å². The molecule has 0 aliphatic carbocycles. The summed E-state index contributed by atoms with van der Waals surface area (Å²) in [6.07, 6.45) is -5.06. The van der Waals surface area contributed by atoms with Crippen molar-refractivity contribution in [1.29, 1.82) is 0 Å². The minimum Gasteiger partial charge on any atom is -0.508 e. The van der Waals surface area contributed by atoms with Crippen LogP contribution in [0.1, 0.15) is 31.4 Å². The van der Waals surface area contributed by atoms with Crippen LogP contribution in [-0.4, -0.2) is 27.0 Å². The number of halogens is 5. The van der Waals surface area contributed by atoms with Gasteiger partial charge in [0.15, 0.2) is 5.60 Å². The van der Waals surface area contributed by atoms with Crippen molar-refractivity contribution in [2.45, 2.75) is 43.9 Å². The van der Waals surface area contributed by atoms with E-state index >= 15 is 0 Å². The van der Waals surface area contributed by atoms with Crippen molar-refractivity contribution >= 4 is 15.9 Å². The van der Waals surface area contributed by atoms with Gasteiger partial charge in [0.1, 0.15) is 16.2 Å². The number of alkyl halides is 3. The monoisotopic (exact) mass is 435 g/mol. The van der Waals surface area contributed by atoms with E-state index in [1.807, 2.05) is 0 Å².